The molecule has 0 aliphatic carbocycles. The molecule has 3 rings (SSSR count). The van der Waals surface area contributed by atoms with Gasteiger partial charge in [0.1, 0.15) is 6.04 Å². The minimum Gasteiger partial charge on any atom is -0.466 e. The third kappa shape index (κ3) is 3.36. The molecule has 164 valence electrons. The van der Waals surface area contributed by atoms with Gasteiger partial charge in [-0.15, -0.1) is 11.8 Å². The number of carbonyl (C=O) groups is 3. The van der Waals surface area contributed by atoms with Crippen LogP contribution in [0, 0.1) is 17.8 Å². The highest BCUT2D eigenvalue weighted by atomic mass is 32.2. The number of nitrogens with zero attached hydrogens (tertiary/aromatic N) is 1. The first-order chi connectivity index (χ1) is 13.5. The maximum atomic E-state index is 13.7. The maximum absolute atomic E-state index is 13.7. The fraction of sp³-hybridized carbons (Fsp3) is 0.857. The van der Waals surface area contributed by atoms with E-state index in [2.05, 4.69) is 12.2 Å². The van der Waals surface area contributed by atoms with E-state index in [1.165, 1.54) is 0 Å². The Kier molecular flexibility index (Phi) is 6.00. The zero-order valence-electron chi connectivity index (χ0n) is 18.2. The first-order valence-corrected chi connectivity index (χ1v) is 11.5. The fourth-order valence-electron chi connectivity index (χ4n) is 5.51. The highest BCUT2D eigenvalue weighted by Crippen LogP contribution is 2.68. The first-order valence-electron chi connectivity index (χ1n) is 10.6. The number of likely N-dealkylation sites (tertiary alicyclic amines) is 1. The summed E-state index contributed by atoms with van der Waals surface area (Å²) in [6.45, 7) is 11.5. The summed E-state index contributed by atoms with van der Waals surface area (Å²) in [6, 6.07) is -1.16. The lowest BCUT2D eigenvalue weighted by Gasteiger charge is -2.41. The number of amides is 2. The number of carbonyl (C=O) groups excluding carboxylic acids is 3. The van der Waals surface area contributed by atoms with E-state index < -0.39 is 34.2 Å². The Hall–Kier alpha value is -1.28. The largest absolute Gasteiger partial charge is 0.466 e. The van der Waals surface area contributed by atoms with Crippen molar-refractivity contribution >= 4 is 29.5 Å². The number of esters is 1. The number of thioether (sulfide) groups is 1. The highest BCUT2D eigenvalue weighted by molar-refractivity contribution is 8.02. The second-order valence-electron chi connectivity index (χ2n) is 9.53. The number of hydrogen-bond acceptors (Lipinski definition) is 6. The van der Waals surface area contributed by atoms with Crippen LogP contribution in [0.5, 0.6) is 0 Å². The summed E-state index contributed by atoms with van der Waals surface area (Å²) >= 11 is 1.62. The highest BCUT2D eigenvalue weighted by Gasteiger charge is 2.76. The Morgan fingerprint density at radius 1 is 1.38 bits per heavy atom. The first kappa shape index (κ1) is 22.4. The van der Waals surface area contributed by atoms with Gasteiger partial charge in [-0.3, -0.25) is 14.4 Å². The van der Waals surface area contributed by atoms with Crippen molar-refractivity contribution in [1.29, 1.82) is 0 Å². The Balaban J connectivity index is 2.10. The van der Waals surface area contributed by atoms with Crippen molar-refractivity contribution in [1.82, 2.24) is 10.2 Å². The molecule has 2 N–H and O–H groups in total. The van der Waals surface area contributed by atoms with E-state index in [1.807, 2.05) is 27.7 Å². The molecule has 7 nitrogen and oxygen atoms in total. The van der Waals surface area contributed by atoms with E-state index in [9.17, 15) is 19.5 Å². The van der Waals surface area contributed by atoms with Crippen LogP contribution >= 0.6 is 11.8 Å². The van der Waals surface area contributed by atoms with Crippen LogP contribution in [0.25, 0.3) is 0 Å². The molecule has 0 saturated carbocycles. The molecule has 1 spiro atoms. The van der Waals surface area contributed by atoms with Crippen LogP contribution in [0.15, 0.2) is 0 Å². The molecule has 8 heteroatoms. The maximum Gasteiger partial charge on any atom is 0.310 e. The number of aliphatic hydroxyl groups excluding tert-OH is 1. The van der Waals surface area contributed by atoms with Gasteiger partial charge in [0.15, 0.2) is 0 Å². The SMILES string of the molecule is CCOC(=O)[C@@H]1[C@H]2C(=O)N([C@@H](CC)CO)C(C(=O)NC(C)(C)C)C23S[C@@H]1CC3C. The summed E-state index contributed by atoms with van der Waals surface area (Å²) in [5.41, 5.74) is -0.452. The molecule has 0 radical (unpaired) electrons. The van der Waals surface area contributed by atoms with E-state index in [0.717, 1.165) is 6.42 Å². The van der Waals surface area contributed by atoms with Gasteiger partial charge in [-0.2, -0.15) is 0 Å². The summed E-state index contributed by atoms with van der Waals surface area (Å²) in [5.74, 6) is -1.75. The minimum absolute atomic E-state index is 0.0145. The van der Waals surface area contributed by atoms with Crippen LogP contribution in [-0.4, -0.2) is 68.6 Å². The van der Waals surface area contributed by atoms with E-state index >= 15 is 0 Å². The van der Waals surface area contributed by atoms with Gasteiger partial charge in [-0.25, -0.2) is 0 Å². The lowest BCUT2D eigenvalue weighted by molar-refractivity contribution is -0.154. The van der Waals surface area contributed by atoms with Crippen LogP contribution in [-0.2, 0) is 19.1 Å². The van der Waals surface area contributed by atoms with Crippen LogP contribution in [0.2, 0.25) is 0 Å². The smallest absolute Gasteiger partial charge is 0.310 e. The Morgan fingerprint density at radius 2 is 2.03 bits per heavy atom. The van der Waals surface area contributed by atoms with Crippen molar-refractivity contribution in [3.8, 4) is 0 Å². The van der Waals surface area contributed by atoms with Gasteiger partial charge < -0.3 is 20.1 Å². The summed E-state index contributed by atoms with van der Waals surface area (Å²) in [7, 11) is 0. The fourth-order valence-corrected chi connectivity index (χ4v) is 7.91. The molecule has 3 unspecified atom stereocenters. The standard InChI is InChI=1S/C21H34N2O5S/c1-7-12(10-24)23-16(17(25)22-20(4,5)6)21-11(3)9-13(29-21)14(15(21)18(23)26)19(27)28-8-2/h11-16,24H,7-10H2,1-6H3,(H,22,25)/t11?,12-,13+,14-,15-,16?,21?/m0/s1. The third-order valence-corrected chi connectivity index (χ3v) is 8.64. The van der Waals surface area contributed by atoms with Gasteiger partial charge in [0.05, 0.1) is 35.8 Å². The van der Waals surface area contributed by atoms with E-state index in [4.69, 9.17) is 4.74 Å². The molecule has 3 fully saturated rings. The monoisotopic (exact) mass is 426 g/mol. The molecule has 3 aliphatic rings. The molecule has 2 amide bonds. The Bertz CT molecular complexity index is 689. The molecule has 3 saturated heterocycles. The number of ether oxygens (including phenoxy) is 1. The summed E-state index contributed by atoms with van der Waals surface area (Å²) in [5, 5.41) is 13.0. The van der Waals surface area contributed by atoms with Gasteiger partial charge >= 0.3 is 5.97 Å². The van der Waals surface area contributed by atoms with Gasteiger partial charge in [0, 0.05) is 10.8 Å². The van der Waals surface area contributed by atoms with Crippen molar-refractivity contribution in [2.75, 3.05) is 13.2 Å². The quantitative estimate of drug-likeness (QED) is 0.626. The molecular formula is C21H34N2O5S. The molecule has 3 aliphatic heterocycles. The topological polar surface area (TPSA) is 95.9 Å². The van der Waals surface area contributed by atoms with Gasteiger partial charge in [0.25, 0.3) is 0 Å². The van der Waals surface area contributed by atoms with Gasteiger partial charge in [0.2, 0.25) is 11.8 Å². The van der Waals surface area contributed by atoms with Crippen LogP contribution < -0.4 is 5.32 Å². The van der Waals surface area contributed by atoms with Crippen LogP contribution in [0.4, 0.5) is 0 Å². The Morgan fingerprint density at radius 3 is 2.55 bits per heavy atom. The van der Waals surface area contributed by atoms with Crippen LogP contribution in [0.3, 0.4) is 0 Å². The third-order valence-electron chi connectivity index (χ3n) is 6.56. The summed E-state index contributed by atoms with van der Waals surface area (Å²) < 4.78 is 4.65. The number of nitrogens with one attached hydrogen (secondary N) is 1. The molecule has 3 heterocycles. The van der Waals surface area contributed by atoms with Crippen LogP contribution in [0.1, 0.15) is 54.4 Å². The molecule has 0 aromatic heterocycles. The van der Waals surface area contributed by atoms with Crippen molar-refractivity contribution < 1.29 is 24.2 Å². The van der Waals surface area contributed by atoms with Crippen molar-refractivity contribution in [3.63, 3.8) is 0 Å². The summed E-state index contributed by atoms with van der Waals surface area (Å²) in [4.78, 5) is 41.6. The van der Waals surface area contributed by atoms with Gasteiger partial charge in [-0.05, 0) is 46.5 Å². The van der Waals surface area contributed by atoms with Crippen molar-refractivity contribution in [2.45, 2.75) is 82.0 Å². The molecule has 0 aromatic carbocycles. The average Bonchev–Trinajstić information content (AvgIpc) is 3.19. The van der Waals surface area contributed by atoms with Crippen molar-refractivity contribution in [3.05, 3.63) is 0 Å². The normalized spacial score (nSPS) is 36.9. The zero-order valence-corrected chi connectivity index (χ0v) is 19.0. The molecule has 0 aromatic rings. The van der Waals surface area contributed by atoms with E-state index in [-0.39, 0.29) is 42.2 Å². The lowest BCUT2D eigenvalue weighted by atomic mass is 9.66. The summed E-state index contributed by atoms with van der Waals surface area (Å²) in [6.07, 6.45) is 1.32. The molecule has 29 heavy (non-hydrogen) atoms. The minimum atomic E-state index is -0.708. The second kappa shape index (κ2) is 7.76. The Labute approximate surface area is 177 Å². The zero-order chi connectivity index (χ0) is 21.7. The van der Waals surface area contributed by atoms with E-state index in [0.29, 0.717) is 6.42 Å². The molecule has 7 atom stereocenters. The average molecular weight is 427 g/mol. The lowest BCUT2D eigenvalue weighted by Crippen LogP contribution is -2.60. The van der Waals surface area contributed by atoms with Crippen molar-refractivity contribution in [2.24, 2.45) is 17.8 Å². The van der Waals surface area contributed by atoms with E-state index in [1.54, 1.807) is 23.6 Å². The number of fused-ring (bicyclic) bond motifs is 1. The molecular weight excluding hydrogens is 392 g/mol. The number of aliphatic hydroxyl groups is 1. The number of hydrogen-bond donors (Lipinski definition) is 2. The second-order valence-corrected chi connectivity index (χ2v) is 11.1. The number of rotatable bonds is 6. The van der Waals surface area contributed by atoms with Gasteiger partial charge in [-0.1, -0.05) is 13.8 Å². The predicted octanol–water partition coefficient (Wildman–Crippen LogP) is 1.57. The predicted molar refractivity (Wildman–Crippen MR) is 111 cm³/mol. The molecule has 2 bridgehead atoms.